The number of hydrogen-bond donors (Lipinski definition) is 1. The molecule has 0 radical (unpaired) electrons. The second-order valence-electron chi connectivity index (χ2n) is 6.63. The summed E-state index contributed by atoms with van der Waals surface area (Å²) in [5.74, 6) is 1.27. The highest BCUT2D eigenvalue weighted by Crippen LogP contribution is 2.22. The number of halogens is 1. The Morgan fingerprint density at radius 1 is 1.31 bits per heavy atom. The van der Waals surface area contributed by atoms with Crippen LogP contribution in [0, 0.1) is 5.92 Å². The maximum absolute atomic E-state index is 11.6. The van der Waals surface area contributed by atoms with Crippen LogP contribution in [0.5, 0.6) is 0 Å². The third kappa shape index (κ3) is 5.46. The highest BCUT2D eigenvalue weighted by atomic mass is 127. The number of hydrogen-bond acceptors (Lipinski definition) is 5. The van der Waals surface area contributed by atoms with Gasteiger partial charge in [0, 0.05) is 52.9 Å². The van der Waals surface area contributed by atoms with E-state index >= 15 is 0 Å². The molecule has 2 aliphatic heterocycles. The fourth-order valence-electron chi connectivity index (χ4n) is 3.42. The molecule has 3 rings (SSSR count). The van der Waals surface area contributed by atoms with Gasteiger partial charge in [0.25, 0.3) is 0 Å². The Hall–Kier alpha value is -0.590. The average Bonchev–Trinajstić information content (AvgIpc) is 3.27. The van der Waals surface area contributed by atoms with Crippen molar-refractivity contribution in [3.05, 3.63) is 17.5 Å². The van der Waals surface area contributed by atoms with E-state index in [0.717, 1.165) is 45.1 Å². The smallest absolute Gasteiger partial charge is 0.211 e. The third-order valence-corrected chi connectivity index (χ3v) is 7.07. The number of nitrogens with one attached hydrogen (secondary N) is 1. The number of rotatable bonds is 4. The summed E-state index contributed by atoms with van der Waals surface area (Å²) < 4.78 is 24.8. The van der Waals surface area contributed by atoms with Gasteiger partial charge >= 0.3 is 0 Å². The first-order valence-electron chi connectivity index (χ1n) is 8.66. The zero-order valence-electron chi connectivity index (χ0n) is 15.3. The summed E-state index contributed by atoms with van der Waals surface area (Å²) in [5, 5.41) is 6.88. The normalized spacial score (nSPS) is 22.4. The molecule has 1 atom stereocenters. The molecule has 3 heterocycles. The monoisotopic (exact) mass is 513 g/mol. The van der Waals surface area contributed by atoms with E-state index in [4.69, 9.17) is 0 Å². The molecule has 1 aromatic rings. The van der Waals surface area contributed by atoms with Crippen LogP contribution in [-0.2, 0) is 10.0 Å². The topological polar surface area (TPSA) is 68.2 Å². The molecule has 2 aliphatic rings. The van der Waals surface area contributed by atoms with Crippen molar-refractivity contribution in [1.82, 2.24) is 14.5 Å². The Labute approximate surface area is 177 Å². The molecule has 2 fully saturated rings. The number of nitrogens with zero attached hydrogens (tertiary/aromatic N) is 4. The summed E-state index contributed by atoms with van der Waals surface area (Å²) >= 11 is 1.78. The Bertz CT molecular complexity index is 688. The highest BCUT2D eigenvalue weighted by molar-refractivity contribution is 14.0. The highest BCUT2D eigenvalue weighted by Gasteiger charge is 2.29. The molecule has 26 heavy (non-hydrogen) atoms. The van der Waals surface area contributed by atoms with Crippen molar-refractivity contribution in [3.8, 4) is 0 Å². The Morgan fingerprint density at radius 2 is 2.04 bits per heavy atom. The molecular formula is C16H28IN5O2S2. The lowest BCUT2D eigenvalue weighted by atomic mass is 10.1. The molecule has 10 heteroatoms. The van der Waals surface area contributed by atoms with E-state index in [2.05, 4.69) is 37.6 Å². The van der Waals surface area contributed by atoms with Gasteiger partial charge < -0.3 is 15.1 Å². The number of anilines is 1. The average molecular weight is 513 g/mol. The van der Waals surface area contributed by atoms with E-state index < -0.39 is 10.0 Å². The molecule has 0 bridgehead atoms. The molecule has 148 valence electrons. The quantitative estimate of drug-likeness (QED) is 0.374. The number of guanidine groups is 1. The van der Waals surface area contributed by atoms with Gasteiger partial charge in [-0.25, -0.2) is 12.7 Å². The summed E-state index contributed by atoms with van der Waals surface area (Å²) in [5.41, 5.74) is 0. The summed E-state index contributed by atoms with van der Waals surface area (Å²) in [6.07, 6.45) is 2.19. The van der Waals surface area contributed by atoms with Crippen LogP contribution in [0.25, 0.3) is 0 Å². The van der Waals surface area contributed by atoms with Crippen molar-refractivity contribution in [1.29, 1.82) is 0 Å². The van der Waals surface area contributed by atoms with Gasteiger partial charge in [0.2, 0.25) is 10.0 Å². The largest absolute Gasteiger partial charge is 0.360 e. The summed E-state index contributed by atoms with van der Waals surface area (Å²) in [6, 6.07) is 4.26. The fraction of sp³-hybridized carbons (Fsp3) is 0.688. The lowest BCUT2D eigenvalue weighted by Crippen LogP contribution is -2.53. The molecule has 1 unspecified atom stereocenters. The molecule has 0 aliphatic carbocycles. The Balaban J connectivity index is 0.00000243. The van der Waals surface area contributed by atoms with Gasteiger partial charge in [-0.2, -0.15) is 0 Å². The first-order chi connectivity index (χ1) is 12.0. The SMILES string of the molecule is CN=C(NCC1CCN(S(C)(=O)=O)C1)N1CCN(c2cccs2)CC1.I. The van der Waals surface area contributed by atoms with Crippen molar-refractivity contribution < 1.29 is 8.42 Å². The number of aliphatic imine (C=N–C) groups is 1. The molecule has 0 spiro atoms. The molecule has 1 N–H and O–H groups in total. The van der Waals surface area contributed by atoms with Gasteiger partial charge in [0.15, 0.2) is 5.96 Å². The summed E-state index contributed by atoms with van der Waals surface area (Å²) in [6.45, 7) is 5.87. The van der Waals surface area contributed by atoms with E-state index in [-0.39, 0.29) is 24.0 Å². The zero-order valence-corrected chi connectivity index (χ0v) is 19.3. The molecule has 2 saturated heterocycles. The van der Waals surface area contributed by atoms with Gasteiger partial charge in [0.05, 0.1) is 11.3 Å². The van der Waals surface area contributed by atoms with Crippen molar-refractivity contribution in [2.75, 3.05) is 64.0 Å². The predicted octanol–water partition coefficient (Wildman–Crippen LogP) is 1.35. The number of thiophene rings is 1. The van der Waals surface area contributed by atoms with Crippen molar-refractivity contribution in [2.24, 2.45) is 10.9 Å². The molecular weight excluding hydrogens is 485 g/mol. The molecule has 1 aromatic heterocycles. The van der Waals surface area contributed by atoms with Gasteiger partial charge in [0.1, 0.15) is 0 Å². The second-order valence-corrected chi connectivity index (χ2v) is 9.54. The number of piperazine rings is 1. The van der Waals surface area contributed by atoms with Gasteiger partial charge in [-0.15, -0.1) is 35.3 Å². The zero-order chi connectivity index (χ0) is 17.9. The van der Waals surface area contributed by atoms with Gasteiger partial charge in [-0.05, 0) is 29.9 Å². The van der Waals surface area contributed by atoms with Crippen LogP contribution in [0.4, 0.5) is 5.00 Å². The minimum Gasteiger partial charge on any atom is -0.360 e. The maximum Gasteiger partial charge on any atom is 0.211 e. The summed E-state index contributed by atoms with van der Waals surface area (Å²) in [7, 11) is -1.26. The summed E-state index contributed by atoms with van der Waals surface area (Å²) in [4.78, 5) is 9.11. The molecule has 0 aromatic carbocycles. The van der Waals surface area contributed by atoms with Gasteiger partial charge in [-0.1, -0.05) is 0 Å². The molecule has 0 amide bonds. The van der Waals surface area contributed by atoms with Crippen LogP contribution in [0.3, 0.4) is 0 Å². The first-order valence-corrected chi connectivity index (χ1v) is 11.4. The van der Waals surface area contributed by atoms with Crippen LogP contribution in [0.1, 0.15) is 6.42 Å². The van der Waals surface area contributed by atoms with E-state index in [1.54, 1.807) is 15.6 Å². The van der Waals surface area contributed by atoms with Crippen LogP contribution in [0.2, 0.25) is 0 Å². The van der Waals surface area contributed by atoms with Crippen LogP contribution >= 0.6 is 35.3 Å². The maximum atomic E-state index is 11.6. The standard InChI is InChI=1S/C16H27N5O2S2.HI/c1-17-16(18-12-14-5-6-21(13-14)25(2,22)23)20-9-7-19(8-10-20)15-4-3-11-24-15;/h3-4,11,14H,5-10,12-13H2,1-2H3,(H,17,18);1H. The first kappa shape index (κ1) is 21.7. The van der Waals surface area contributed by atoms with Crippen LogP contribution in [0.15, 0.2) is 22.5 Å². The fourth-order valence-corrected chi connectivity index (χ4v) is 5.13. The van der Waals surface area contributed by atoms with Crippen molar-refractivity contribution in [3.63, 3.8) is 0 Å². The van der Waals surface area contributed by atoms with Crippen molar-refractivity contribution >= 4 is 56.3 Å². The Morgan fingerprint density at radius 3 is 2.58 bits per heavy atom. The second kappa shape index (κ2) is 9.56. The van der Waals surface area contributed by atoms with Gasteiger partial charge in [-0.3, -0.25) is 4.99 Å². The lowest BCUT2D eigenvalue weighted by molar-refractivity contribution is 0.368. The van der Waals surface area contributed by atoms with Crippen molar-refractivity contribution in [2.45, 2.75) is 6.42 Å². The van der Waals surface area contributed by atoms with E-state index in [1.807, 2.05) is 7.05 Å². The Kier molecular flexibility index (Phi) is 7.98. The van der Waals surface area contributed by atoms with Crippen LogP contribution < -0.4 is 10.2 Å². The number of sulfonamides is 1. The van der Waals surface area contributed by atoms with E-state index in [1.165, 1.54) is 11.3 Å². The minimum atomic E-state index is -3.07. The van der Waals surface area contributed by atoms with E-state index in [9.17, 15) is 8.42 Å². The molecule has 7 nitrogen and oxygen atoms in total. The lowest BCUT2D eigenvalue weighted by Gasteiger charge is -2.37. The van der Waals surface area contributed by atoms with Crippen LogP contribution in [-0.4, -0.2) is 82.7 Å². The predicted molar refractivity (Wildman–Crippen MR) is 119 cm³/mol. The third-order valence-electron chi connectivity index (χ3n) is 4.88. The molecule has 0 saturated carbocycles. The van der Waals surface area contributed by atoms with E-state index in [0.29, 0.717) is 19.0 Å². The minimum absolute atomic E-state index is 0.